The van der Waals surface area contributed by atoms with Crippen molar-refractivity contribution in [1.29, 1.82) is 0 Å². The molecule has 0 rings (SSSR count). The molecule has 2 N–H and O–H groups in total. The van der Waals surface area contributed by atoms with Gasteiger partial charge < -0.3 is 10.2 Å². The van der Waals surface area contributed by atoms with Crippen molar-refractivity contribution >= 4 is 11.9 Å². The number of carboxylic acid groups (broad SMARTS) is 2. The van der Waals surface area contributed by atoms with E-state index in [1.165, 1.54) is 0 Å². The Morgan fingerprint density at radius 2 is 1.77 bits per heavy atom. The minimum atomic E-state index is -0.786. The van der Waals surface area contributed by atoms with Gasteiger partial charge in [-0.25, -0.2) is 0 Å². The summed E-state index contributed by atoms with van der Waals surface area (Å²) in [6.07, 6.45) is 2.58. The molecule has 0 spiro atoms. The van der Waals surface area contributed by atoms with Crippen molar-refractivity contribution in [2.45, 2.75) is 39.0 Å². The number of aliphatic carboxylic acids is 2. The van der Waals surface area contributed by atoms with Crippen molar-refractivity contribution in [1.82, 2.24) is 0 Å². The van der Waals surface area contributed by atoms with Crippen LogP contribution < -0.4 is 0 Å². The molecule has 0 aromatic heterocycles. The van der Waals surface area contributed by atoms with Crippen LogP contribution in [0.2, 0.25) is 0 Å². The molecule has 13 heavy (non-hydrogen) atoms. The van der Waals surface area contributed by atoms with Crippen molar-refractivity contribution in [3.05, 3.63) is 0 Å². The molecular weight excluding hydrogens is 172 g/mol. The number of unbranched alkanes of at least 4 members (excludes halogenated alkanes) is 1. The first-order chi connectivity index (χ1) is 6.02. The molecule has 0 heterocycles. The Hall–Kier alpha value is -1.06. The van der Waals surface area contributed by atoms with Crippen LogP contribution in [0.5, 0.6) is 0 Å². The second kappa shape index (κ2) is 6.46. The van der Waals surface area contributed by atoms with Gasteiger partial charge in [0.1, 0.15) is 0 Å². The summed E-state index contributed by atoms with van der Waals surface area (Å²) in [6, 6.07) is 0. The zero-order chi connectivity index (χ0) is 10.3. The van der Waals surface area contributed by atoms with Crippen LogP contribution in [0.1, 0.15) is 39.0 Å². The molecule has 0 aliphatic heterocycles. The van der Waals surface area contributed by atoms with Gasteiger partial charge in [0.25, 0.3) is 0 Å². The third-order valence-corrected chi connectivity index (χ3v) is 1.86. The van der Waals surface area contributed by atoms with E-state index >= 15 is 0 Å². The summed E-state index contributed by atoms with van der Waals surface area (Å²) in [5.74, 6) is -1.43. The maximum atomic E-state index is 10.3. The highest BCUT2D eigenvalue weighted by Gasteiger charge is 2.07. The predicted molar refractivity (Wildman–Crippen MR) is 47.5 cm³/mol. The average Bonchev–Trinajstić information content (AvgIpc) is 1.96. The van der Waals surface area contributed by atoms with E-state index in [4.69, 9.17) is 10.2 Å². The molecule has 0 unspecified atom stereocenters. The summed E-state index contributed by atoms with van der Waals surface area (Å²) in [4.78, 5) is 20.4. The van der Waals surface area contributed by atoms with Crippen LogP contribution in [0.15, 0.2) is 0 Å². The highest BCUT2D eigenvalue weighted by Crippen LogP contribution is 2.12. The number of hydrogen-bond donors (Lipinski definition) is 2. The van der Waals surface area contributed by atoms with E-state index in [0.29, 0.717) is 6.42 Å². The van der Waals surface area contributed by atoms with Crippen molar-refractivity contribution in [2.75, 3.05) is 0 Å². The Morgan fingerprint density at radius 1 is 1.15 bits per heavy atom. The second-order valence-electron chi connectivity index (χ2n) is 3.34. The number of hydrogen-bond acceptors (Lipinski definition) is 2. The van der Waals surface area contributed by atoms with E-state index in [-0.39, 0.29) is 18.8 Å². The van der Waals surface area contributed by atoms with Crippen molar-refractivity contribution in [3.8, 4) is 0 Å². The molecule has 0 aliphatic carbocycles. The lowest BCUT2D eigenvalue weighted by molar-refractivity contribution is -0.139. The molecule has 0 radical (unpaired) electrons. The normalized spacial score (nSPS) is 12.4. The van der Waals surface area contributed by atoms with Gasteiger partial charge in [-0.1, -0.05) is 19.8 Å². The Balaban J connectivity index is 3.31. The van der Waals surface area contributed by atoms with Gasteiger partial charge in [0.2, 0.25) is 0 Å². The van der Waals surface area contributed by atoms with Gasteiger partial charge in [0, 0.05) is 12.8 Å². The monoisotopic (exact) mass is 188 g/mol. The lowest BCUT2D eigenvalue weighted by atomic mass is 10.00. The van der Waals surface area contributed by atoms with Gasteiger partial charge in [-0.2, -0.15) is 0 Å². The first-order valence-electron chi connectivity index (χ1n) is 4.46. The fourth-order valence-corrected chi connectivity index (χ4v) is 1.17. The maximum absolute atomic E-state index is 10.3. The quantitative estimate of drug-likeness (QED) is 0.597. The predicted octanol–water partition coefficient (Wildman–Crippen LogP) is 1.74. The first-order valence-corrected chi connectivity index (χ1v) is 4.46. The van der Waals surface area contributed by atoms with Gasteiger partial charge in [0.15, 0.2) is 0 Å². The van der Waals surface area contributed by atoms with Crippen molar-refractivity contribution in [3.63, 3.8) is 0 Å². The Morgan fingerprint density at radius 3 is 2.23 bits per heavy atom. The molecule has 4 nitrogen and oxygen atoms in total. The SMILES string of the molecule is C[C@H](CCCCC(=O)O)CC(=O)O. The van der Waals surface area contributed by atoms with E-state index in [1.54, 1.807) is 0 Å². The lowest BCUT2D eigenvalue weighted by Gasteiger charge is -2.06. The molecule has 1 atom stereocenters. The Bertz CT molecular complexity index is 176. The largest absolute Gasteiger partial charge is 0.481 e. The average molecular weight is 188 g/mol. The third kappa shape index (κ3) is 8.85. The summed E-state index contributed by atoms with van der Waals surface area (Å²) in [5, 5.41) is 16.8. The molecule has 0 fully saturated rings. The van der Waals surface area contributed by atoms with Crippen LogP contribution in [0, 0.1) is 5.92 Å². The molecule has 76 valence electrons. The third-order valence-electron chi connectivity index (χ3n) is 1.86. The summed E-state index contributed by atoms with van der Waals surface area (Å²) in [5.41, 5.74) is 0. The van der Waals surface area contributed by atoms with Gasteiger partial charge in [-0.15, -0.1) is 0 Å². The molecule has 4 heteroatoms. The highest BCUT2D eigenvalue weighted by atomic mass is 16.4. The second-order valence-corrected chi connectivity index (χ2v) is 3.34. The number of carboxylic acids is 2. The maximum Gasteiger partial charge on any atom is 0.303 e. The van der Waals surface area contributed by atoms with Crippen LogP contribution in [0.4, 0.5) is 0 Å². The summed E-state index contributed by atoms with van der Waals surface area (Å²) < 4.78 is 0. The minimum absolute atomic E-state index is 0.145. The summed E-state index contributed by atoms with van der Waals surface area (Å²) in [7, 11) is 0. The topological polar surface area (TPSA) is 74.6 Å². The van der Waals surface area contributed by atoms with Gasteiger partial charge in [0.05, 0.1) is 0 Å². The van der Waals surface area contributed by atoms with E-state index in [2.05, 4.69) is 0 Å². The van der Waals surface area contributed by atoms with Gasteiger partial charge in [-0.05, 0) is 12.3 Å². The first kappa shape index (κ1) is 11.9. The lowest BCUT2D eigenvalue weighted by Crippen LogP contribution is -2.04. The van der Waals surface area contributed by atoms with Crippen LogP contribution >= 0.6 is 0 Å². The van der Waals surface area contributed by atoms with E-state index < -0.39 is 11.9 Å². The fourth-order valence-electron chi connectivity index (χ4n) is 1.17. The van der Waals surface area contributed by atoms with Gasteiger partial charge >= 0.3 is 11.9 Å². The Kier molecular flexibility index (Phi) is 5.93. The smallest absolute Gasteiger partial charge is 0.303 e. The van der Waals surface area contributed by atoms with Crippen LogP contribution in [-0.4, -0.2) is 22.2 Å². The molecular formula is C9H16O4. The zero-order valence-corrected chi connectivity index (χ0v) is 7.82. The number of rotatable bonds is 7. The molecule has 0 saturated heterocycles. The molecule has 0 aromatic carbocycles. The molecule has 0 amide bonds. The fraction of sp³-hybridized carbons (Fsp3) is 0.778. The van der Waals surface area contributed by atoms with E-state index in [1.807, 2.05) is 6.92 Å². The van der Waals surface area contributed by atoms with Crippen molar-refractivity contribution < 1.29 is 19.8 Å². The molecule has 0 saturated carbocycles. The number of carbonyl (C=O) groups is 2. The molecule has 0 bridgehead atoms. The molecule has 0 aliphatic rings. The van der Waals surface area contributed by atoms with Gasteiger partial charge in [-0.3, -0.25) is 9.59 Å². The van der Waals surface area contributed by atoms with E-state index in [0.717, 1.165) is 12.8 Å². The Labute approximate surface area is 77.6 Å². The minimum Gasteiger partial charge on any atom is -0.481 e. The summed E-state index contributed by atoms with van der Waals surface area (Å²) >= 11 is 0. The zero-order valence-electron chi connectivity index (χ0n) is 7.82. The van der Waals surface area contributed by atoms with Crippen LogP contribution in [-0.2, 0) is 9.59 Å². The molecule has 0 aromatic rings. The van der Waals surface area contributed by atoms with Crippen LogP contribution in [0.25, 0.3) is 0 Å². The van der Waals surface area contributed by atoms with Crippen molar-refractivity contribution in [2.24, 2.45) is 5.92 Å². The van der Waals surface area contributed by atoms with Crippen LogP contribution in [0.3, 0.4) is 0 Å². The summed E-state index contributed by atoms with van der Waals surface area (Å²) in [6.45, 7) is 1.87. The standard InChI is InChI=1S/C9H16O4/c1-7(6-9(12)13)4-2-3-5-8(10)11/h7H,2-6H2,1H3,(H,10,11)(H,12,13)/t7-/m1/s1. The van der Waals surface area contributed by atoms with E-state index in [9.17, 15) is 9.59 Å². The highest BCUT2D eigenvalue weighted by molar-refractivity contribution is 5.67.